The van der Waals surface area contributed by atoms with Crippen molar-refractivity contribution in [1.29, 1.82) is 0 Å². The van der Waals surface area contributed by atoms with Gasteiger partial charge in [0.15, 0.2) is 0 Å². The van der Waals surface area contributed by atoms with Gasteiger partial charge in [-0.25, -0.2) is 9.78 Å². The predicted octanol–water partition coefficient (Wildman–Crippen LogP) is 4.44. The van der Waals surface area contributed by atoms with Crippen molar-refractivity contribution in [2.24, 2.45) is 17.8 Å². The van der Waals surface area contributed by atoms with Crippen LogP contribution in [0.2, 0.25) is 0 Å². The van der Waals surface area contributed by atoms with Gasteiger partial charge in [-0.15, -0.1) is 0 Å². The van der Waals surface area contributed by atoms with Crippen LogP contribution in [0.15, 0.2) is 18.3 Å². The van der Waals surface area contributed by atoms with Gasteiger partial charge in [-0.2, -0.15) is 0 Å². The zero-order chi connectivity index (χ0) is 24.0. The monoisotopic (exact) mass is 442 g/mol. The molecule has 2 amide bonds. The van der Waals surface area contributed by atoms with Gasteiger partial charge < -0.3 is 19.4 Å². The quantitative estimate of drug-likeness (QED) is 0.762. The Bertz CT molecular complexity index is 1010. The number of nitrogens with zero attached hydrogens (tertiary/aromatic N) is 3. The van der Waals surface area contributed by atoms with Crippen LogP contribution < -0.4 is 5.32 Å². The Morgan fingerprint density at radius 2 is 1.69 bits per heavy atom. The minimum absolute atomic E-state index is 0.0425. The van der Waals surface area contributed by atoms with Crippen LogP contribution in [-0.2, 0) is 15.1 Å². The molecule has 0 radical (unpaired) electrons. The molecule has 2 aromatic rings. The van der Waals surface area contributed by atoms with Crippen LogP contribution in [0.1, 0.15) is 65.5 Å². The molecule has 3 heterocycles. The van der Waals surface area contributed by atoms with Gasteiger partial charge in [0.25, 0.3) is 0 Å². The van der Waals surface area contributed by atoms with Crippen LogP contribution in [0.3, 0.4) is 0 Å². The molecular weight excluding hydrogens is 404 g/mol. The second-order valence-corrected chi connectivity index (χ2v) is 10.3. The molecule has 32 heavy (non-hydrogen) atoms. The SMILES string of the molecule is CC.Cc1cccn2c(C(C)(C)NC(=O)C3C4CN(C(=O)OC(C)(C)C)CC43)nc(C)c12. The minimum Gasteiger partial charge on any atom is -0.444 e. The number of rotatable bonds is 3. The number of likely N-dealkylation sites (tertiary alicyclic amines) is 1. The molecule has 2 aliphatic rings. The van der Waals surface area contributed by atoms with Crippen LogP contribution in [0.25, 0.3) is 5.52 Å². The lowest BCUT2D eigenvalue weighted by Crippen LogP contribution is -2.45. The Morgan fingerprint density at radius 3 is 2.25 bits per heavy atom. The molecule has 1 aliphatic heterocycles. The van der Waals surface area contributed by atoms with Crippen molar-refractivity contribution in [1.82, 2.24) is 19.6 Å². The summed E-state index contributed by atoms with van der Waals surface area (Å²) in [5.74, 6) is 1.26. The number of hydrogen-bond donors (Lipinski definition) is 1. The lowest BCUT2D eigenvalue weighted by molar-refractivity contribution is -0.125. The molecule has 7 nitrogen and oxygen atoms in total. The van der Waals surface area contributed by atoms with E-state index in [4.69, 9.17) is 9.72 Å². The summed E-state index contributed by atoms with van der Waals surface area (Å²) in [7, 11) is 0. The van der Waals surface area contributed by atoms with E-state index >= 15 is 0 Å². The molecule has 0 aromatic carbocycles. The van der Waals surface area contributed by atoms with Crippen LogP contribution in [0, 0.1) is 31.6 Å². The first-order valence-electron chi connectivity index (χ1n) is 11.6. The van der Waals surface area contributed by atoms with Gasteiger partial charge >= 0.3 is 6.09 Å². The summed E-state index contributed by atoms with van der Waals surface area (Å²) in [6.07, 6.45) is 1.71. The maximum atomic E-state index is 13.0. The third-order valence-corrected chi connectivity index (χ3v) is 6.18. The van der Waals surface area contributed by atoms with Crippen LogP contribution >= 0.6 is 0 Å². The summed E-state index contributed by atoms with van der Waals surface area (Å²) in [6, 6.07) is 4.07. The summed E-state index contributed by atoms with van der Waals surface area (Å²) >= 11 is 0. The van der Waals surface area contributed by atoms with Gasteiger partial charge in [-0.05, 0) is 71.9 Å². The van der Waals surface area contributed by atoms with E-state index in [1.807, 2.05) is 67.7 Å². The van der Waals surface area contributed by atoms with E-state index in [1.54, 1.807) is 4.90 Å². The van der Waals surface area contributed by atoms with E-state index in [0.717, 1.165) is 22.6 Å². The lowest BCUT2D eigenvalue weighted by atomic mass is 10.0. The molecule has 1 N–H and O–H groups in total. The van der Waals surface area contributed by atoms with Gasteiger partial charge in [0.05, 0.1) is 16.7 Å². The summed E-state index contributed by atoms with van der Waals surface area (Å²) < 4.78 is 7.53. The second kappa shape index (κ2) is 8.41. The number of pyridine rings is 1. The van der Waals surface area contributed by atoms with E-state index in [0.29, 0.717) is 13.1 Å². The van der Waals surface area contributed by atoms with E-state index < -0.39 is 11.1 Å². The highest BCUT2D eigenvalue weighted by atomic mass is 16.6. The maximum Gasteiger partial charge on any atom is 0.410 e. The number of aryl methyl sites for hydroxylation is 2. The number of piperidine rings is 1. The normalized spacial score (nSPS) is 22.2. The predicted molar refractivity (Wildman–Crippen MR) is 125 cm³/mol. The number of carbonyl (C=O) groups excluding carboxylic acids is 2. The number of amides is 2. The fourth-order valence-electron chi connectivity index (χ4n) is 4.80. The highest BCUT2D eigenvalue weighted by Crippen LogP contribution is 2.52. The molecule has 7 heteroatoms. The number of fused-ring (bicyclic) bond motifs is 2. The summed E-state index contributed by atoms with van der Waals surface area (Å²) in [5.41, 5.74) is 2.10. The molecule has 1 saturated heterocycles. The number of ether oxygens (including phenoxy) is 1. The molecule has 0 spiro atoms. The molecular formula is C25H38N4O3. The van der Waals surface area contributed by atoms with Gasteiger partial charge in [-0.1, -0.05) is 19.9 Å². The van der Waals surface area contributed by atoms with Crippen LogP contribution in [0.4, 0.5) is 4.79 Å². The first kappa shape index (κ1) is 24.1. The van der Waals surface area contributed by atoms with E-state index in [2.05, 4.69) is 22.7 Å². The van der Waals surface area contributed by atoms with Gasteiger partial charge in [0.2, 0.25) is 5.91 Å². The van der Waals surface area contributed by atoms with E-state index in [-0.39, 0.29) is 29.8 Å². The van der Waals surface area contributed by atoms with Crippen molar-refractivity contribution in [3.8, 4) is 0 Å². The van der Waals surface area contributed by atoms with Crippen molar-refractivity contribution in [3.63, 3.8) is 0 Å². The van der Waals surface area contributed by atoms with E-state index in [1.165, 1.54) is 0 Å². The molecule has 176 valence electrons. The molecule has 1 saturated carbocycles. The maximum absolute atomic E-state index is 13.0. The smallest absolute Gasteiger partial charge is 0.410 e. The van der Waals surface area contributed by atoms with E-state index in [9.17, 15) is 9.59 Å². The Labute approximate surface area is 191 Å². The minimum atomic E-state index is -0.607. The first-order chi connectivity index (χ1) is 14.9. The third-order valence-electron chi connectivity index (χ3n) is 6.18. The molecule has 2 aromatic heterocycles. The van der Waals surface area contributed by atoms with Crippen molar-refractivity contribution in [2.45, 2.75) is 73.5 Å². The molecule has 2 fully saturated rings. The van der Waals surface area contributed by atoms with Crippen molar-refractivity contribution >= 4 is 17.5 Å². The summed E-state index contributed by atoms with van der Waals surface area (Å²) in [5, 5.41) is 3.21. The standard InChI is InChI=1S/C23H32N4O3.C2H6/c1-13-9-8-10-27-18(13)14(2)24-20(27)23(6,7)25-19(28)17-15-11-26(12-16(15)17)21(29)30-22(3,4)5;1-2/h8-10,15-17H,11-12H2,1-7H3,(H,25,28);1-2H3. The molecule has 0 bridgehead atoms. The largest absolute Gasteiger partial charge is 0.444 e. The number of carbonyl (C=O) groups is 2. The molecule has 4 rings (SSSR count). The zero-order valence-corrected chi connectivity index (χ0v) is 20.9. The molecule has 1 aliphatic carbocycles. The topological polar surface area (TPSA) is 75.9 Å². The summed E-state index contributed by atoms with van der Waals surface area (Å²) in [6.45, 7) is 18.8. The Kier molecular flexibility index (Phi) is 6.33. The highest BCUT2D eigenvalue weighted by molar-refractivity contribution is 5.84. The number of aromatic nitrogens is 2. The average Bonchev–Trinajstić information content (AvgIpc) is 3.01. The third kappa shape index (κ3) is 4.48. The lowest BCUT2D eigenvalue weighted by Gasteiger charge is -2.27. The second-order valence-electron chi connectivity index (χ2n) is 10.3. The van der Waals surface area contributed by atoms with Crippen LogP contribution in [0.5, 0.6) is 0 Å². The average molecular weight is 443 g/mol. The molecule has 2 unspecified atom stereocenters. The van der Waals surface area contributed by atoms with Crippen molar-refractivity contribution < 1.29 is 14.3 Å². The number of nitrogens with one attached hydrogen (secondary N) is 1. The van der Waals surface area contributed by atoms with Crippen molar-refractivity contribution in [2.75, 3.05) is 13.1 Å². The number of imidazole rings is 1. The number of hydrogen-bond acceptors (Lipinski definition) is 4. The highest BCUT2D eigenvalue weighted by Gasteiger charge is 2.61. The Hall–Kier alpha value is -2.57. The summed E-state index contributed by atoms with van der Waals surface area (Å²) in [4.78, 5) is 31.8. The fourth-order valence-corrected chi connectivity index (χ4v) is 4.80. The van der Waals surface area contributed by atoms with Crippen LogP contribution in [-0.4, -0.2) is 45.0 Å². The van der Waals surface area contributed by atoms with Gasteiger partial charge in [0, 0.05) is 25.2 Å². The van der Waals surface area contributed by atoms with Gasteiger partial charge in [-0.3, -0.25) is 4.79 Å². The first-order valence-corrected chi connectivity index (χ1v) is 11.6. The Morgan fingerprint density at radius 1 is 1.09 bits per heavy atom. The Balaban J connectivity index is 0.00000141. The fraction of sp³-hybridized carbons (Fsp3) is 0.640. The zero-order valence-electron chi connectivity index (χ0n) is 20.9. The van der Waals surface area contributed by atoms with Gasteiger partial charge in [0.1, 0.15) is 11.4 Å². The molecule has 2 atom stereocenters. The van der Waals surface area contributed by atoms with Crippen molar-refractivity contribution in [3.05, 3.63) is 35.4 Å².